The Labute approximate surface area is 174 Å². The van der Waals surface area contributed by atoms with Crippen LogP contribution in [-0.2, 0) is 4.79 Å². The van der Waals surface area contributed by atoms with Crippen molar-refractivity contribution in [1.82, 2.24) is 0 Å². The number of non-ortho nitro benzene ring substituents is 1. The summed E-state index contributed by atoms with van der Waals surface area (Å²) < 4.78 is 11.2. The molecular weight excluding hydrogens is 384 g/mol. The van der Waals surface area contributed by atoms with Gasteiger partial charge in [0.25, 0.3) is 11.6 Å². The molecule has 0 aliphatic heterocycles. The summed E-state index contributed by atoms with van der Waals surface area (Å²) in [5, 5.41) is 14.1. The van der Waals surface area contributed by atoms with E-state index in [0.717, 1.165) is 11.1 Å². The molecule has 0 aromatic heterocycles. The maximum absolute atomic E-state index is 13.2. The van der Waals surface area contributed by atoms with Crippen molar-refractivity contribution in [3.8, 4) is 11.5 Å². The number of ether oxygens (including phenoxy) is 2. The van der Waals surface area contributed by atoms with Crippen LogP contribution in [-0.4, -0.2) is 17.9 Å². The van der Waals surface area contributed by atoms with Gasteiger partial charge in [-0.3, -0.25) is 14.9 Å². The molecule has 154 valence electrons. The first-order chi connectivity index (χ1) is 14.4. The number of hydrogen-bond donors (Lipinski definition) is 1. The summed E-state index contributed by atoms with van der Waals surface area (Å²) >= 11 is 0. The summed E-state index contributed by atoms with van der Waals surface area (Å²) in [5.41, 5.74) is 3.04. The molecule has 0 bridgehead atoms. The SMILES string of the molecule is COc1ccc([N+](=O)[O-])cc1O[C@H](C(=O)Nc1cc(C)ccc1C)c1ccccc1. The average Bonchev–Trinajstić information content (AvgIpc) is 2.74. The quantitative estimate of drug-likeness (QED) is 0.441. The van der Waals surface area contributed by atoms with Gasteiger partial charge in [-0.2, -0.15) is 0 Å². The van der Waals surface area contributed by atoms with Crippen LogP contribution < -0.4 is 14.8 Å². The molecule has 3 aromatic rings. The maximum Gasteiger partial charge on any atom is 0.273 e. The highest BCUT2D eigenvalue weighted by atomic mass is 16.6. The van der Waals surface area contributed by atoms with Crippen molar-refractivity contribution in [3.63, 3.8) is 0 Å². The Morgan fingerprint density at radius 1 is 1.00 bits per heavy atom. The summed E-state index contributed by atoms with van der Waals surface area (Å²) in [7, 11) is 1.43. The molecule has 30 heavy (non-hydrogen) atoms. The number of aryl methyl sites for hydroxylation is 2. The lowest BCUT2D eigenvalue weighted by Gasteiger charge is -2.21. The average molecular weight is 406 g/mol. The number of methoxy groups -OCH3 is 1. The van der Waals surface area contributed by atoms with Crippen molar-refractivity contribution in [1.29, 1.82) is 0 Å². The number of hydrogen-bond acceptors (Lipinski definition) is 5. The number of benzene rings is 3. The van der Waals surface area contributed by atoms with Gasteiger partial charge >= 0.3 is 0 Å². The van der Waals surface area contributed by atoms with Crippen LogP contribution in [0.4, 0.5) is 11.4 Å². The zero-order valence-electron chi connectivity index (χ0n) is 16.9. The van der Waals surface area contributed by atoms with Crippen LogP contribution in [0.2, 0.25) is 0 Å². The van der Waals surface area contributed by atoms with Gasteiger partial charge in [-0.25, -0.2) is 0 Å². The molecule has 7 heteroatoms. The molecule has 3 rings (SSSR count). The second kappa shape index (κ2) is 9.09. The minimum Gasteiger partial charge on any atom is -0.493 e. The second-order valence-corrected chi connectivity index (χ2v) is 6.81. The second-order valence-electron chi connectivity index (χ2n) is 6.81. The zero-order chi connectivity index (χ0) is 21.7. The predicted octanol–water partition coefficient (Wildman–Crippen LogP) is 4.98. The van der Waals surface area contributed by atoms with Gasteiger partial charge in [0, 0.05) is 17.3 Å². The maximum atomic E-state index is 13.2. The fraction of sp³-hybridized carbons (Fsp3) is 0.174. The topological polar surface area (TPSA) is 90.7 Å². The number of nitrogens with zero attached hydrogens (tertiary/aromatic N) is 1. The lowest BCUT2D eigenvalue weighted by Crippen LogP contribution is -2.26. The Morgan fingerprint density at radius 2 is 1.73 bits per heavy atom. The number of rotatable bonds is 7. The largest absolute Gasteiger partial charge is 0.493 e. The number of anilines is 1. The van der Waals surface area contributed by atoms with Crippen LogP contribution in [0.15, 0.2) is 66.7 Å². The van der Waals surface area contributed by atoms with E-state index in [1.807, 2.05) is 38.1 Å². The molecule has 0 saturated heterocycles. The first-order valence-corrected chi connectivity index (χ1v) is 9.31. The van der Waals surface area contributed by atoms with Crippen molar-refractivity contribution in [2.75, 3.05) is 12.4 Å². The van der Waals surface area contributed by atoms with E-state index in [0.29, 0.717) is 17.0 Å². The zero-order valence-corrected chi connectivity index (χ0v) is 16.9. The Bertz CT molecular complexity index is 1070. The lowest BCUT2D eigenvalue weighted by molar-refractivity contribution is -0.385. The molecular formula is C23H22N2O5. The fourth-order valence-electron chi connectivity index (χ4n) is 2.97. The summed E-state index contributed by atoms with van der Waals surface area (Å²) in [5.74, 6) is 0.00111. The van der Waals surface area contributed by atoms with E-state index in [1.54, 1.807) is 24.3 Å². The minimum absolute atomic E-state index is 0.108. The number of amides is 1. The van der Waals surface area contributed by atoms with Gasteiger partial charge in [0.1, 0.15) is 0 Å². The molecule has 7 nitrogen and oxygen atoms in total. The Hall–Kier alpha value is -3.87. The van der Waals surface area contributed by atoms with Crippen LogP contribution in [0.25, 0.3) is 0 Å². The number of nitro groups is 1. The van der Waals surface area contributed by atoms with Crippen LogP contribution in [0.5, 0.6) is 11.5 Å². The lowest BCUT2D eigenvalue weighted by atomic mass is 10.1. The first kappa shape index (κ1) is 20.9. The number of nitrogens with one attached hydrogen (secondary N) is 1. The van der Waals surface area contributed by atoms with E-state index >= 15 is 0 Å². The van der Waals surface area contributed by atoms with Gasteiger partial charge in [0.05, 0.1) is 18.1 Å². The number of carbonyl (C=O) groups excluding carboxylic acids is 1. The van der Waals surface area contributed by atoms with Crippen LogP contribution in [0.3, 0.4) is 0 Å². The number of carbonyl (C=O) groups is 1. The fourth-order valence-corrected chi connectivity index (χ4v) is 2.97. The molecule has 0 heterocycles. The summed E-state index contributed by atoms with van der Waals surface area (Å²) in [6.07, 6.45) is -1.04. The molecule has 3 aromatic carbocycles. The van der Waals surface area contributed by atoms with Crippen LogP contribution >= 0.6 is 0 Å². The molecule has 0 saturated carbocycles. The van der Waals surface area contributed by atoms with Crippen molar-refractivity contribution in [2.24, 2.45) is 0 Å². The monoisotopic (exact) mass is 406 g/mol. The molecule has 0 spiro atoms. The third kappa shape index (κ3) is 4.75. The van der Waals surface area contributed by atoms with Gasteiger partial charge in [-0.1, -0.05) is 42.5 Å². The molecule has 1 N–H and O–H groups in total. The molecule has 0 fully saturated rings. The predicted molar refractivity (Wildman–Crippen MR) is 114 cm³/mol. The summed E-state index contributed by atoms with van der Waals surface area (Å²) in [6.45, 7) is 3.84. The summed E-state index contributed by atoms with van der Waals surface area (Å²) in [4.78, 5) is 23.8. The van der Waals surface area contributed by atoms with Crippen molar-refractivity contribution in [3.05, 3.63) is 93.5 Å². The van der Waals surface area contributed by atoms with E-state index in [4.69, 9.17) is 9.47 Å². The van der Waals surface area contributed by atoms with Gasteiger partial charge in [-0.05, 0) is 37.1 Å². The van der Waals surface area contributed by atoms with E-state index in [-0.39, 0.29) is 11.4 Å². The van der Waals surface area contributed by atoms with Crippen molar-refractivity contribution < 1.29 is 19.2 Å². The molecule has 0 unspecified atom stereocenters. The Balaban J connectivity index is 1.98. The normalized spacial score (nSPS) is 11.4. The summed E-state index contributed by atoms with van der Waals surface area (Å²) in [6, 6.07) is 18.7. The highest BCUT2D eigenvalue weighted by Crippen LogP contribution is 2.35. The molecule has 1 amide bonds. The third-order valence-electron chi connectivity index (χ3n) is 4.59. The molecule has 0 aliphatic carbocycles. The smallest absolute Gasteiger partial charge is 0.273 e. The van der Waals surface area contributed by atoms with Gasteiger partial charge in [-0.15, -0.1) is 0 Å². The molecule has 0 aliphatic rings. The highest BCUT2D eigenvalue weighted by Gasteiger charge is 2.26. The van der Waals surface area contributed by atoms with Gasteiger partial charge in [0.15, 0.2) is 11.5 Å². The molecule has 0 radical (unpaired) electrons. The number of nitro benzene ring substituents is 1. The molecule has 1 atom stereocenters. The highest BCUT2D eigenvalue weighted by molar-refractivity contribution is 5.95. The van der Waals surface area contributed by atoms with Gasteiger partial charge < -0.3 is 14.8 Å². The van der Waals surface area contributed by atoms with Crippen molar-refractivity contribution in [2.45, 2.75) is 20.0 Å². The standard InChI is InChI=1S/C23H22N2O5/c1-15-9-10-16(2)19(13-15)24-23(26)22(17-7-5-4-6-8-17)30-21-14-18(25(27)28)11-12-20(21)29-3/h4-14,22H,1-3H3,(H,24,26)/t22-/m0/s1. The van der Waals surface area contributed by atoms with E-state index in [9.17, 15) is 14.9 Å². The van der Waals surface area contributed by atoms with E-state index in [1.165, 1.54) is 25.3 Å². The van der Waals surface area contributed by atoms with Crippen LogP contribution in [0, 0.1) is 24.0 Å². The van der Waals surface area contributed by atoms with Crippen molar-refractivity contribution >= 4 is 17.3 Å². The Kier molecular flexibility index (Phi) is 6.32. The van der Waals surface area contributed by atoms with Crippen LogP contribution in [0.1, 0.15) is 22.8 Å². The minimum atomic E-state index is -1.04. The third-order valence-corrected chi connectivity index (χ3v) is 4.59. The van der Waals surface area contributed by atoms with Gasteiger partial charge in [0.2, 0.25) is 6.10 Å². The first-order valence-electron chi connectivity index (χ1n) is 9.31. The Morgan fingerprint density at radius 3 is 2.40 bits per heavy atom. The van der Waals surface area contributed by atoms with E-state index in [2.05, 4.69) is 5.32 Å². The van der Waals surface area contributed by atoms with E-state index < -0.39 is 16.9 Å².